The number of hydrogen-bond acceptors (Lipinski definition) is 2. The summed E-state index contributed by atoms with van der Waals surface area (Å²) in [5.74, 6) is 1.01. The quantitative estimate of drug-likeness (QED) is 0.480. The van der Waals surface area contributed by atoms with Gasteiger partial charge < -0.3 is 5.32 Å². The van der Waals surface area contributed by atoms with Gasteiger partial charge in [0.2, 0.25) is 5.91 Å². The van der Waals surface area contributed by atoms with Crippen LogP contribution < -0.4 is 5.32 Å². The zero-order valence-corrected chi connectivity index (χ0v) is 7.04. The fourth-order valence-electron chi connectivity index (χ4n) is 0.500. The molecule has 2 nitrogen and oxygen atoms in total. The summed E-state index contributed by atoms with van der Waals surface area (Å²) in [5.41, 5.74) is 0. The molecular formula is C7H13NOS. The molecule has 0 saturated carbocycles. The van der Waals surface area contributed by atoms with Crippen molar-refractivity contribution in [1.82, 2.24) is 5.32 Å². The van der Waals surface area contributed by atoms with E-state index in [0.29, 0.717) is 0 Å². The molecule has 0 bridgehead atoms. The molecule has 0 aromatic carbocycles. The van der Waals surface area contributed by atoms with E-state index < -0.39 is 0 Å². The van der Waals surface area contributed by atoms with Gasteiger partial charge in [0.1, 0.15) is 0 Å². The number of amides is 1. The van der Waals surface area contributed by atoms with Crippen molar-refractivity contribution >= 4 is 17.7 Å². The second-order valence-corrected chi connectivity index (χ2v) is 2.83. The molecule has 0 saturated heterocycles. The van der Waals surface area contributed by atoms with Crippen LogP contribution in [0.2, 0.25) is 0 Å². The van der Waals surface area contributed by atoms with Gasteiger partial charge in [-0.25, -0.2) is 0 Å². The molecule has 1 amide bonds. The number of carbonyl (C=O) groups is 1. The van der Waals surface area contributed by atoms with Crippen molar-refractivity contribution in [1.29, 1.82) is 0 Å². The highest BCUT2D eigenvalue weighted by Gasteiger charge is 1.90. The van der Waals surface area contributed by atoms with Crippen LogP contribution >= 0.6 is 11.8 Å². The lowest BCUT2D eigenvalue weighted by molar-refractivity contribution is -0.116. The van der Waals surface area contributed by atoms with Gasteiger partial charge in [0.05, 0.1) is 0 Å². The van der Waals surface area contributed by atoms with Gasteiger partial charge >= 0.3 is 0 Å². The van der Waals surface area contributed by atoms with Crippen LogP contribution in [0.1, 0.15) is 6.42 Å². The Hall–Kier alpha value is -0.440. The van der Waals surface area contributed by atoms with Crippen molar-refractivity contribution in [3.63, 3.8) is 0 Å². The summed E-state index contributed by atoms with van der Waals surface area (Å²) in [4.78, 5) is 10.5. The predicted octanol–water partition coefficient (Wildman–Crippen LogP) is 1.04. The van der Waals surface area contributed by atoms with E-state index in [1.54, 1.807) is 11.8 Å². The predicted molar refractivity (Wildman–Crippen MR) is 46.2 cm³/mol. The van der Waals surface area contributed by atoms with Crippen molar-refractivity contribution < 1.29 is 4.79 Å². The van der Waals surface area contributed by atoms with E-state index in [2.05, 4.69) is 18.2 Å². The monoisotopic (exact) mass is 159 g/mol. The molecule has 0 heterocycles. The molecule has 0 aromatic rings. The Kier molecular flexibility index (Phi) is 6.38. The van der Waals surface area contributed by atoms with Crippen LogP contribution in [0.3, 0.4) is 0 Å². The molecule has 0 unspecified atom stereocenters. The van der Waals surface area contributed by atoms with E-state index in [4.69, 9.17) is 0 Å². The molecule has 10 heavy (non-hydrogen) atoms. The number of hydrogen-bond donors (Lipinski definition) is 1. The van der Waals surface area contributed by atoms with E-state index in [9.17, 15) is 4.79 Å². The summed E-state index contributed by atoms with van der Waals surface area (Å²) >= 11 is 1.78. The first-order valence-electron chi connectivity index (χ1n) is 3.20. The molecule has 0 spiro atoms. The molecule has 3 heteroatoms. The average Bonchev–Trinajstić information content (AvgIpc) is 1.98. The molecule has 1 N–H and O–H groups in total. The largest absolute Gasteiger partial charge is 0.353 e. The molecule has 58 valence electrons. The molecular weight excluding hydrogens is 146 g/mol. The molecule has 0 aliphatic rings. The van der Waals surface area contributed by atoms with Crippen molar-refractivity contribution in [2.75, 3.05) is 18.6 Å². The van der Waals surface area contributed by atoms with Crippen LogP contribution in [-0.2, 0) is 4.79 Å². The molecule has 0 fully saturated rings. The van der Waals surface area contributed by atoms with Gasteiger partial charge in [0, 0.05) is 6.54 Å². The van der Waals surface area contributed by atoms with Gasteiger partial charge in [-0.1, -0.05) is 6.58 Å². The van der Waals surface area contributed by atoms with Crippen LogP contribution in [-0.4, -0.2) is 24.5 Å². The van der Waals surface area contributed by atoms with Gasteiger partial charge in [0.15, 0.2) is 0 Å². The van der Waals surface area contributed by atoms with E-state index in [-0.39, 0.29) is 5.91 Å². The third kappa shape index (κ3) is 5.69. The first-order valence-corrected chi connectivity index (χ1v) is 4.60. The fraction of sp³-hybridized carbons (Fsp3) is 0.571. The Morgan fingerprint density at radius 3 is 3.00 bits per heavy atom. The van der Waals surface area contributed by atoms with Crippen LogP contribution in [0.5, 0.6) is 0 Å². The number of carbonyl (C=O) groups excluding carboxylic acids is 1. The molecule has 0 aliphatic heterocycles. The summed E-state index contributed by atoms with van der Waals surface area (Å²) in [5, 5.41) is 2.70. The fourth-order valence-corrected chi connectivity index (χ4v) is 0.933. The Morgan fingerprint density at radius 2 is 2.50 bits per heavy atom. The topological polar surface area (TPSA) is 29.1 Å². The number of thioether (sulfide) groups is 1. The standard InChI is InChI=1S/C7H13NOS/c1-3-7(9)8-5-4-6-10-2/h3H,1,4-6H2,2H3,(H,8,9). The maximum atomic E-state index is 10.5. The summed E-state index contributed by atoms with van der Waals surface area (Å²) in [7, 11) is 0. The van der Waals surface area contributed by atoms with E-state index in [1.165, 1.54) is 6.08 Å². The second-order valence-electron chi connectivity index (χ2n) is 1.84. The number of rotatable bonds is 5. The van der Waals surface area contributed by atoms with E-state index in [0.717, 1.165) is 18.7 Å². The minimum absolute atomic E-state index is 0.0823. The van der Waals surface area contributed by atoms with Crippen LogP contribution in [0, 0.1) is 0 Å². The lowest BCUT2D eigenvalue weighted by Gasteiger charge is -1.98. The first kappa shape index (κ1) is 9.56. The lowest BCUT2D eigenvalue weighted by atomic mass is 10.4. The number of nitrogens with one attached hydrogen (secondary N) is 1. The van der Waals surface area contributed by atoms with Crippen molar-refractivity contribution in [3.8, 4) is 0 Å². The minimum Gasteiger partial charge on any atom is -0.353 e. The van der Waals surface area contributed by atoms with Gasteiger partial charge in [-0.05, 0) is 24.5 Å². The minimum atomic E-state index is -0.0823. The third-order valence-corrected chi connectivity index (χ3v) is 1.71. The lowest BCUT2D eigenvalue weighted by Crippen LogP contribution is -2.22. The smallest absolute Gasteiger partial charge is 0.243 e. The Morgan fingerprint density at radius 1 is 1.80 bits per heavy atom. The van der Waals surface area contributed by atoms with Gasteiger partial charge in [-0.3, -0.25) is 4.79 Å². The van der Waals surface area contributed by atoms with Crippen LogP contribution in [0.4, 0.5) is 0 Å². The third-order valence-electron chi connectivity index (χ3n) is 1.01. The zero-order chi connectivity index (χ0) is 7.82. The Labute approximate surface area is 66.1 Å². The SMILES string of the molecule is C=CC(=O)NCCCSC. The van der Waals surface area contributed by atoms with Crippen LogP contribution in [0.15, 0.2) is 12.7 Å². The van der Waals surface area contributed by atoms with Gasteiger partial charge in [-0.2, -0.15) is 11.8 Å². The second kappa shape index (κ2) is 6.68. The molecule has 0 aliphatic carbocycles. The molecule has 0 radical (unpaired) electrons. The summed E-state index contributed by atoms with van der Waals surface area (Å²) in [6.45, 7) is 4.10. The average molecular weight is 159 g/mol. The highest BCUT2D eigenvalue weighted by molar-refractivity contribution is 7.98. The van der Waals surface area contributed by atoms with Crippen molar-refractivity contribution in [2.24, 2.45) is 0 Å². The Bertz CT molecular complexity index is 114. The maximum absolute atomic E-state index is 10.5. The summed E-state index contributed by atoms with van der Waals surface area (Å²) < 4.78 is 0. The maximum Gasteiger partial charge on any atom is 0.243 e. The summed E-state index contributed by atoms with van der Waals surface area (Å²) in [6.07, 6.45) is 4.37. The van der Waals surface area contributed by atoms with E-state index >= 15 is 0 Å². The highest BCUT2D eigenvalue weighted by Crippen LogP contribution is 1.92. The molecule has 0 rings (SSSR count). The van der Waals surface area contributed by atoms with Gasteiger partial charge in [-0.15, -0.1) is 0 Å². The van der Waals surface area contributed by atoms with Gasteiger partial charge in [0.25, 0.3) is 0 Å². The molecule has 0 atom stereocenters. The van der Waals surface area contributed by atoms with Crippen molar-refractivity contribution in [2.45, 2.75) is 6.42 Å². The zero-order valence-electron chi connectivity index (χ0n) is 6.22. The van der Waals surface area contributed by atoms with Crippen LogP contribution in [0.25, 0.3) is 0 Å². The van der Waals surface area contributed by atoms with Crippen molar-refractivity contribution in [3.05, 3.63) is 12.7 Å². The highest BCUT2D eigenvalue weighted by atomic mass is 32.2. The molecule has 0 aromatic heterocycles. The normalized spacial score (nSPS) is 8.90. The summed E-state index contributed by atoms with van der Waals surface area (Å²) in [6, 6.07) is 0. The Balaban J connectivity index is 3.03. The van der Waals surface area contributed by atoms with E-state index in [1.807, 2.05) is 0 Å². The first-order chi connectivity index (χ1) is 4.81.